The van der Waals surface area contributed by atoms with Crippen LogP contribution in [0.1, 0.15) is 22.3 Å². The molecule has 12 nitrogen and oxygen atoms in total. The molecule has 0 aromatic heterocycles. The van der Waals surface area contributed by atoms with Gasteiger partial charge in [0.2, 0.25) is 11.8 Å². The molecule has 2 amide bonds. The summed E-state index contributed by atoms with van der Waals surface area (Å²) >= 11 is 0. The number of carbonyl (C=O) groups is 4. The maximum atomic E-state index is 12.2. The van der Waals surface area contributed by atoms with Crippen LogP contribution in [0.4, 0.5) is 11.4 Å². The lowest BCUT2D eigenvalue weighted by molar-refractivity contribution is -0.132. The molecule has 0 unspecified atom stereocenters. The number of amides is 2. The van der Waals surface area contributed by atoms with Crippen LogP contribution in [0.3, 0.4) is 0 Å². The van der Waals surface area contributed by atoms with Crippen LogP contribution in [0.25, 0.3) is 0 Å². The molecule has 8 N–H and O–H groups in total. The van der Waals surface area contributed by atoms with Crippen LogP contribution < -0.4 is 10.6 Å². The quantitative estimate of drug-likeness (QED) is 0.0732. The van der Waals surface area contributed by atoms with E-state index in [1.54, 1.807) is 60.7 Å². The summed E-state index contributed by atoms with van der Waals surface area (Å²) in [4.78, 5) is 45.8. The van der Waals surface area contributed by atoms with Gasteiger partial charge in [0.05, 0.1) is 5.41 Å². The highest BCUT2D eigenvalue weighted by atomic mass is 16.4. The van der Waals surface area contributed by atoms with Gasteiger partial charge in [-0.1, -0.05) is 36.4 Å². The fraction of sp³-hybridized carbons (Fsp3) is 0.0303. The highest BCUT2D eigenvalue weighted by molar-refractivity contribution is 6.03. The molecule has 0 heterocycles. The molecule has 0 fully saturated rings. The van der Waals surface area contributed by atoms with E-state index in [1.165, 1.54) is 24.3 Å². The van der Waals surface area contributed by atoms with Crippen LogP contribution in [0.5, 0.6) is 23.0 Å². The Hall–Kier alpha value is -6.56. The van der Waals surface area contributed by atoms with Crippen molar-refractivity contribution in [1.29, 1.82) is 0 Å². The summed E-state index contributed by atoms with van der Waals surface area (Å²) in [6.07, 6.45) is 3.10. The minimum Gasteiger partial charge on any atom is -0.508 e. The average Bonchev–Trinajstić information content (AvgIpc) is 3.00. The molecule has 0 spiro atoms. The minimum absolute atomic E-state index is 0.0380. The van der Waals surface area contributed by atoms with Gasteiger partial charge >= 0.3 is 11.9 Å². The van der Waals surface area contributed by atoms with Gasteiger partial charge in [-0.05, 0) is 70.8 Å². The molecule has 0 radical (unpaired) electrons. The number of phenolic OH excluding ortho intramolecular Hbond substituents is 4. The van der Waals surface area contributed by atoms with Gasteiger partial charge in [0.25, 0.3) is 0 Å². The summed E-state index contributed by atoms with van der Waals surface area (Å²) in [6.45, 7) is 0. The van der Waals surface area contributed by atoms with E-state index < -0.39 is 46.4 Å². The Morgan fingerprint density at radius 3 is 1.22 bits per heavy atom. The van der Waals surface area contributed by atoms with Gasteiger partial charge in [-0.25, -0.2) is 9.59 Å². The monoisotopic (exact) mass is 610 g/mol. The molecule has 4 aromatic carbocycles. The van der Waals surface area contributed by atoms with E-state index in [4.69, 9.17) is 10.2 Å². The SMILES string of the molecule is O=C(O)/C=C/C(=O)Nc1ccc(C(c2ccc(O)cc2)(c2ccc(NC(=O)/C=C/C(=O)O)cc2)c2cc(O)c(O)c(O)c2)cc1. The second-order valence-electron chi connectivity index (χ2n) is 9.64. The van der Waals surface area contributed by atoms with Crippen molar-refractivity contribution < 1.29 is 49.8 Å². The predicted molar refractivity (Wildman–Crippen MR) is 162 cm³/mol. The van der Waals surface area contributed by atoms with E-state index in [0.29, 0.717) is 40.2 Å². The molecule has 45 heavy (non-hydrogen) atoms. The number of rotatable bonds is 10. The number of aromatic hydroxyl groups is 4. The average molecular weight is 611 g/mol. The number of aliphatic carboxylic acids is 2. The third-order valence-corrected chi connectivity index (χ3v) is 6.73. The first-order chi connectivity index (χ1) is 21.4. The highest BCUT2D eigenvalue weighted by Gasteiger charge is 2.39. The molecular formula is C33H26N2O10. The van der Waals surface area contributed by atoms with Crippen LogP contribution in [0, 0.1) is 0 Å². The predicted octanol–water partition coefficient (Wildman–Crippen LogP) is 4.05. The number of carboxylic acids is 2. The van der Waals surface area contributed by atoms with E-state index >= 15 is 0 Å². The Morgan fingerprint density at radius 2 is 0.867 bits per heavy atom. The Morgan fingerprint density at radius 1 is 0.511 bits per heavy atom. The fourth-order valence-corrected chi connectivity index (χ4v) is 4.80. The van der Waals surface area contributed by atoms with Gasteiger partial charge in [-0.15, -0.1) is 0 Å². The Kier molecular flexibility index (Phi) is 9.18. The molecule has 0 aliphatic heterocycles. The molecule has 4 aromatic rings. The molecule has 0 bridgehead atoms. The van der Waals surface area contributed by atoms with E-state index in [0.717, 1.165) is 12.2 Å². The molecular weight excluding hydrogens is 584 g/mol. The van der Waals surface area contributed by atoms with E-state index in [9.17, 15) is 39.6 Å². The Labute approximate surface area is 255 Å². The van der Waals surface area contributed by atoms with Crippen LogP contribution in [-0.4, -0.2) is 54.4 Å². The zero-order valence-electron chi connectivity index (χ0n) is 23.2. The van der Waals surface area contributed by atoms with Crippen LogP contribution in [0.15, 0.2) is 109 Å². The standard InChI is InChI=1S/C33H26N2O10/c36-25-11-5-21(6-12-25)33(22-17-26(37)32(45)27(38)18-22,19-1-7-23(8-2-19)34-28(39)13-15-30(41)42)20-3-9-24(10-4-20)35-29(40)14-16-31(43)44/h1-18,36-38,45H,(H,34,39)(H,35,40)(H,41,42)(H,43,44)/b15-13+,16-14+. The van der Waals surface area contributed by atoms with Gasteiger partial charge in [-0.2, -0.15) is 0 Å². The zero-order chi connectivity index (χ0) is 32.7. The van der Waals surface area contributed by atoms with Crippen LogP contribution in [-0.2, 0) is 24.6 Å². The summed E-state index contributed by atoms with van der Waals surface area (Å²) in [5, 5.41) is 64.0. The summed E-state index contributed by atoms with van der Waals surface area (Å²) in [7, 11) is 0. The smallest absolute Gasteiger partial charge is 0.328 e. The summed E-state index contributed by atoms with van der Waals surface area (Å²) in [6, 6.07) is 21.5. The summed E-state index contributed by atoms with van der Waals surface area (Å²) in [5.74, 6) is -5.95. The molecule has 4 rings (SSSR count). The van der Waals surface area contributed by atoms with Crippen LogP contribution in [0.2, 0.25) is 0 Å². The van der Waals surface area contributed by atoms with Crippen molar-refractivity contribution >= 4 is 35.1 Å². The third kappa shape index (κ3) is 7.09. The lowest BCUT2D eigenvalue weighted by Gasteiger charge is -2.37. The summed E-state index contributed by atoms with van der Waals surface area (Å²) in [5.41, 5.74) is 1.14. The number of nitrogens with one attached hydrogen (secondary N) is 2. The molecule has 228 valence electrons. The Balaban J connectivity index is 1.92. The largest absolute Gasteiger partial charge is 0.508 e. The zero-order valence-corrected chi connectivity index (χ0v) is 23.2. The van der Waals surface area contributed by atoms with Crippen molar-refractivity contribution in [1.82, 2.24) is 0 Å². The fourth-order valence-electron chi connectivity index (χ4n) is 4.80. The number of hydrogen-bond acceptors (Lipinski definition) is 8. The topological polar surface area (TPSA) is 214 Å². The lowest BCUT2D eigenvalue weighted by Crippen LogP contribution is -2.31. The van der Waals surface area contributed by atoms with Crippen molar-refractivity contribution in [2.45, 2.75) is 5.41 Å². The van der Waals surface area contributed by atoms with E-state index in [1.807, 2.05) is 0 Å². The maximum absolute atomic E-state index is 12.2. The first-order valence-electron chi connectivity index (χ1n) is 13.1. The van der Waals surface area contributed by atoms with E-state index in [-0.39, 0.29) is 11.3 Å². The number of carbonyl (C=O) groups excluding carboxylic acids is 2. The van der Waals surface area contributed by atoms with Crippen molar-refractivity contribution in [3.63, 3.8) is 0 Å². The van der Waals surface area contributed by atoms with Crippen molar-refractivity contribution in [2.24, 2.45) is 0 Å². The second kappa shape index (κ2) is 13.2. The minimum atomic E-state index is -1.37. The van der Waals surface area contributed by atoms with Gasteiger partial charge in [0.1, 0.15) is 5.75 Å². The number of anilines is 2. The molecule has 0 saturated carbocycles. The molecule has 0 aliphatic rings. The lowest BCUT2D eigenvalue weighted by atomic mass is 9.65. The molecule has 0 aliphatic carbocycles. The van der Waals surface area contributed by atoms with Crippen molar-refractivity contribution in [3.8, 4) is 23.0 Å². The van der Waals surface area contributed by atoms with Gasteiger partial charge < -0.3 is 41.3 Å². The number of hydrogen-bond donors (Lipinski definition) is 8. The number of phenols is 4. The third-order valence-electron chi connectivity index (χ3n) is 6.73. The molecule has 0 saturated heterocycles. The first kappa shape index (κ1) is 31.4. The van der Waals surface area contributed by atoms with Gasteiger partial charge in [0, 0.05) is 35.7 Å². The highest BCUT2D eigenvalue weighted by Crippen LogP contribution is 2.49. The maximum Gasteiger partial charge on any atom is 0.328 e. The second-order valence-corrected chi connectivity index (χ2v) is 9.64. The van der Waals surface area contributed by atoms with Crippen molar-refractivity contribution in [2.75, 3.05) is 10.6 Å². The van der Waals surface area contributed by atoms with Gasteiger partial charge in [0.15, 0.2) is 17.2 Å². The first-order valence-corrected chi connectivity index (χ1v) is 13.1. The molecule has 0 atom stereocenters. The van der Waals surface area contributed by atoms with Crippen molar-refractivity contribution in [3.05, 3.63) is 131 Å². The van der Waals surface area contributed by atoms with Gasteiger partial charge in [-0.3, -0.25) is 9.59 Å². The Bertz CT molecular complexity index is 1710. The number of benzene rings is 4. The van der Waals surface area contributed by atoms with E-state index in [2.05, 4.69) is 10.6 Å². The molecule has 12 heteroatoms. The number of carboxylic acid groups (broad SMARTS) is 2. The van der Waals surface area contributed by atoms with Crippen LogP contribution >= 0.6 is 0 Å². The normalized spacial score (nSPS) is 11.4. The summed E-state index contributed by atoms with van der Waals surface area (Å²) < 4.78 is 0.